The molecule has 5 heteroatoms. The summed E-state index contributed by atoms with van der Waals surface area (Å²) < 4.78 is 1.47. The molecule has 0 saturated carbocycles. The minimum absolute atomic E-state index is 0.0685. The summed E-state index contributed by atoms with van der Waals surface area (Å²) in [6.45, 7) is 1.81. The lowest BCUT2D eigenvalue weighted by Gasteiger charge is -2.12. The number of fused-ring (bicyclic) bond motifs is 1. The lowest BCUT2D eigenvalue weighted by atomic mass is 10.1. The quantitative estimate of drug-likeness (QED) is 0.655. The third-order valence-corrected chi connectivity index (χ3v) is 4.31. The standard InChI is InChI=1S/C18H13Cl2NO2/c1-11-8-18(23)21(16-5-3-2-4-13(11)16)10-17(22)14-7-6-12(19)9-15(14)20/h2-9H,10H2,1H3. The Morgan fingerprint density at radius 1 is 1.09 bits per heavy atom. The Labute approximate surface area is 143 Å². The van der Waals surface area contributed by atoms with Crippen LogP contribution in [0.2, 0.25) is 10.0 Å². The van der Waals surface area contributed by atoms with Crippen molar-refractivity contribution in [1.82, 2.24) is 4.57 Å². The number of pyridine rings is 1. The fourth-order valence-electron chi connectivity index (χ4n) is 2.61. The van der Waals surface area contributed by atoms with Crippen LogP contribution in [0.1, 0.15) is 15.9 Å². The maximum absolute atomic E-state index is 12.5. The smallest absolute Gasteiger partial charge is 0.251 e. The molecule has 116 valence electrons. The Bertz CT molecular complexity index is 976. The van der Waals surface area contributed by atoms with Crippen molar-refractivity contribution in [2.75, 3.05) is 0 Å². The van der Waals surface area contributed by atoms with Gasteiger partial charge in [0.2, 0.25) is 0 Å². The SMILES string of the molecule is Cc1cc(=O)n(CC(=O)c2ccc(Cl)cc2Cl)c2ccccc12. The molecule has 3 rings (SSSR count). The van der Waals surface area contributed by atoms with E-state index in [1.54, 1.807) is 18.2 Å². The number of aryl methyl sites for hydroxylation is 1. The number of carbonyl (C=O) groups excluding carboxylic acids is 1. The summed E-state index contributed by atoms with van der Waals surface area (Å²) in [5.41, 5.74) is 1.77. The summed E-state index contributed by atoms with van der Waals surface area (Å²) in [7, 11) is 0. The van der Waals surface area contributed by atoms with Crippen LogP contribution in [0.5, 0.6) is 0 Å². The van der Waals surface area contributed by atoms with E-state index < -0.39 is 0 Å². The van der Waals surface area contributed by atoms with Crippen molar-refractivity contribution in [2.45, 2.75) is 13.5 Å². The Kier molecular flexibility index (Phi) is 4.24. The first kappa shape index (κ1) is 15.8. The van der Waals surface area contributed by atoms with E-state index in [9.17, 15) is 9.59 Å². The fourth-order valence-corrected chi connectivity index (χ4v) is 3.12. The van der Waals surface area contributed by atoms with Crippen molar-refractivity contribution in [3.63, 3.8) is 0 Å². The van der Waals surface area contributed by atoms with Crippen LogP contribution in [0, 0.1) is 6.92 Å². The Hall–Kier alpha value is -2.10. The normalized spacial score (nSPS) is 10.9. The van der Waals surface area contributed by atoms with Gasteiger partial charge in [-0.1, -0.05) is 41.4 Å². The monoisotopic (exact) mass is 345 g/mol. The second-order valence-corrected chi connectivity index (χ2v) is 6.16. The number of Topliss-reactive ketones (excluding diaryl/α,β-unsaturated/α-hetero) is 1. The van der Waals surface area contributed by atoms with Crippen molar-refractivity contribution in [2.24, 2.45) is 0 Å². The Morgan fingerprint density at radius 3 is 2.57 bits per heavy atom. The lowest BCUT2D eigenvalue weighted by molar-refractivity contribution is 0.0972. The molecule has 0 atom stereocenters. The molecule has 0 amide bonds. The molecule has 0 bridgehead atoms. The first-order valence-corrected chi connectivity index (χ1v) is 7.80. The number of halogens is 2. The van der Waals surface area contributed by atoms with Crippen LogP contribution >= 0.6 is 23.2 Å². The van der Waals surface area contributed by atoms with E-state index >= 15 is 0 Å². The number of hydrogen-bond donors (Lipinski definition) is 0. The van der Waals surface area contributed by atoms with Crippen LogP contribution in [0.15, 0.2) is 53.3 Å². The summed E-state index contributed by atoms with van der Waals surface area (Å²) in [5.74, 6) is -0.234. The maximum atomic E-state index is 12.5. The van der Waals surface area contributed by atoms with Crippen molar-refractivity contribution in [1.29, 1.82) is 0 Å². The van der Waals surface area contributed by atoms with Crippen LogP contribution in [0.25, 0.3) is 10.9 Å². The van der Waals surface area contributed by atoms with E-state index in [0.29, 0.717) is 10.6 Å². The van der Waals surface area contributed by atoms with E-state index in [-0.39, 0.29) is 22.9 Å². The molecule has 0 fully saturated rings. The first-order valence-electron chi connectivity index (χ1n) is 7.05. The number of aromatic nitrogens is 1. The summed E-state index contributed by atoms with van der Waals surface area (Å²) in [5, 5.41) is 1.69. The van der Waals surface area contributed by atoms with Gasteiger partial charge in [0.1, 0.15) is 0 Å². The average Bonchev–Trinajstić information content (AvgIpc) is 2.51. The van der Waals surface area contributed by atoms with Gasteiger partial charge in [0.25, 0.3) is 5.56 Å². The van der Waals surface area contributed by atoms with E-state index in [4.69, 9.17) is 23.2 Å². The summed E-state index contributed by atoms with van der Waals surface area (Å²) in [4.78, 5) is 24.9. The zero-order valence-corrected chi connectivity index (χ0v) is 13.9. The van der Waals surface area contributed by atoms with Crippen LogP contribution in [-0.4, -0.2) is 10.4 Å². The van der Waals surface area contributed by atoms with Gasteiger partial charge in [0.05, 0.1) is 17.1 Å². The summed E-state index contributed by atoms with van der Waals surface area (Å²) >= 11 is 11.9. The number of hydrogen-bond acceptors (Lipinski definition) is 2. The number of carbonyl (C=O) groups is 1. The summed E-state index contributed by atoms with van der Waals surface area (Å²) in [6, 6.07) is 13.8. The fraction of sp³-hybridized carbons (Fsp3) is 0.111. The highest BCUT2D eigenvalue weighted by molar-refractivity contribution is 6.36. The zero-order chi connectivity index (χ0) is 16.6. The molecule has 0 radical (unpaired) electrons. The van der Waals surface area contributed by atoms with Gasteiger partial charge in [0.15, 0.2) is 5.78 Å². The molecule has 1 heterocycles. The Morgan fingerprint density at radius 2 is 1.83 bits per heavy atom. The Balaban J connectivity index is 2.08. The molecule has 0 aliphatic carbocycles. The van der Waals surface area contributed by atoms with Crippen LogP contribution in [0.4, 0.5) is 0 Å². The van der Waals surface area contributed by atoms with Gasteiger partial charge in [-0.3, -0.25) is 9.59 Å². The van der Waals surface area contributed by atoms with Gasteiger partial charge in [-0.25, -0.2) is 0 Å². The average molecular weight is 346 g/mol. The molecule has 0 unspecified atom stereocenters. The number of nitrogens with zero attached hydrogens (tertiary/aromatic N) is 1. The number of para-hydroxylation sites is 1. The summed E-state index contributed by atoms with van der Waals surface area (Å²) in [6.07, 6.45) is 0. The molecule has 0 aliphatic rings. The van der Waals surface area contributed by atoms with E-state index in [0.717, 1.165) is 16.5 Å². The van der Waals surface area contributed by atoms with E-state index in [1.807, 2.05) is 31.2 Å². The van der Waals surface area contributed by atoms with Gasteiger partial charge < -0.3 is 4.57 Å². The highest BCUT2D eigenvalue weighted by Crippen LogP contribution is 2.22. The zero-order valence-electron chi connectivity index (χ0n) is 12.3. The molecular weight excluding hydrogens is 333 g/mol. The molecule has 3 aromatic rings. The maximum Gasteiger partial charge on any atom is 0.251 e. The first-order chi connectivity index (χ1) is 11.0. The molecular formula is C18H13Cl2NO2. The molecule has 1 aromatic heterocycles. The predicted molar refractivity (Wildman–Crippen MR) is 93.7 cm³/mol. The van der Waals surface area contributed by atoms with Crippen molar-refractivity contribution in [3.8, 4) is 0 Å². The number of rotatable bonds is 3. The second-order valence-electron chi connectivity index (χ2n) is 5.32. The molecule has 0 N–H and O–H groups in total. The van der Waals surface area contributed by atoms with Gasteiger partial charge in [-0.05, 0) is 36.8 Å². The molecule has 23 heavy (non-hydrogen) atoms. The van der Waals surface area contributed by atoms with Crippen molar-refractivity contribution < 1.29 is 4.79 Å². The highest BCUT2D eigenvalue weighted by atomic mass is 35.5. The minimum atomic E-state index is -0.234. The third kappa shape index (κ3) is 3.03. The van der Waals surface area contributed by atoms with E-state index in [2.05, 4.69) is 0 Å². The molecule has 3 nitrogen and oxygen atoms in total. The van der Waals surface area contributed by atoms with Crippen LogP contribution < -0.4 is 5.56 Å². The molecule has 2 aromatic carbocycles. The molecule has 0 spiro atoms. The topological polar surface area (TPSA) is 39.1 Å². The largest absolute Gasteiger partial charge is 0.300 e. The van der Waals surface area contributed by atoms with Crippen LogP contribution in [-0.2, 0) is 6.54 Å². The predicted octanol–water partition coefficient (Wildman–Crippen LogP) is 4.50. The number of benzene rings is 2. The molecule has 0 aliphatic heterocycles. The second kappa shape index (κ2) is 6.19. The third-order valence-electron chi connectivity index (χ3n) is 3.76. The van der Waals surface area contributed by atoms with Crippen LogP contribution in [0.3, 0.4) is 0 Å². The van der Waals surface area contributed by atoms with E-state index in [1.165, 1.54) is 10.6 Å². The van der Waals surface area contributed by atoms with Gasteiger partial charge in [-0.15, -0.1) is 0 Å². The number of ketones is 1. The minimum Gasteiger partial charge on any atom is -0.300 e. The highest BCUT2D eigenvalue weighted by Gasteiger charge is 2.14. The van der Waals surface area contributed by atoms with Crippen molar-refractivity contribution in [3.05, 3.63) is 80.1 Å². The lowest BCUT2D eigenvalue weighted by Crippen LogP contribution is -2.24. The van der Waals surface area contributed by atoms with Gasteiger partial charge >= 0.3 is 0 Å². The van der Waals surface area contributed by atoms with Gasteiger partial charge in [-0.2, -0.15) is 0 Å². The van der Waals surface area contributed by atoms with Gasteiger partial charge in [0, 0.05) is 22.0 Å². The molecule has 0 saturated heterocycles. The van der Waals surface area contributed by atoms with Crippen molar-refractivity contribution >= 4 is 39.9 Å².